The zero-order chi connectivity index (χ0) is 11.6. The van der Waals surface area contributed by atoms with Crippen LogP contribution in [0.3, 0.4) is 0 Å². The van der Waals surface area contributed by atoms with E-state index in [1.54, 1.807) is 0 Å². The van der Waals surface area contributed by atoms with E-state index >= 15 is 0 Å². The number of esters is 1. The summed E-state index contributed by atoms with van der Waals surface area (Å²) in [5.74, 6) is -1.50. The minimum Gasteiger partial charge on any atom is -0.467 e. The Morgan fingerprint density at radius 3 is 1.93 bits per heavy atom. The van der Waals surface area contributed by atoms with Crippen LogP contribution in [0.15, 0.2) is 0 Å². The molecule has 0 aromatic rings. The minimum atomic E-state index is -2.09. The molecule has 0 spiro atoms. The maximum absolute atomic E-state index is 11.2. The fourth-order valence-corrected chi connectivity index (χ4v) is 0.803. The Hall–Kier alpha value is -0.190. The fourth-order valence-electron chi connectivity index (χ4n) is 0.661. The summed E-state index contributed by atoms with van der Waals surface area (Å²) in [5, 5.41) is 2.24. The summed E-state index contributed by atoms with van der Waals surface area (Å²) in [4.78, 5) is 22.3. The van der Waals surface area contributed by atoms with Crippen LogP contribution in [0.4, 0.5) is 0 Å². The summed E-state index contributed by atoms with van der Waals surface area (Å²) in [6.45, 7) is 2.88. The van der Waals surface area contributed by atoms with Gasteiger partial charge in [0.25, 0.3) is 9.70 Å². The van der Waals surface area contributed by atoms with Gasteiger partial charge in [-0.2, -0.15) is 0 Å². The molecular weight excluding hydrogens is 252 g/mol. The van der Waals surface area contributed by atoms with Gasteiger partial charge in [0.15, 0.2) is 0 Å². The second kappa shape index (κ2) is 4.55. The number of carbonyl (C=O) groups excluding carboxylic acids is 2. The first-order valence-corrected chi connectivity index (χ1v) is 4.72. The molecule has 0 heterocycles. The van der Waals surface area contributed by atoms with Gasteiger partial charge in [0.05, 0.1) is 7.11 Å². The molecule has 0 rings (SSSR count). The second-order valence-corrected chi connectivity index (χ2v) is 5.35. The molecule has 1 amide bonds. The highest BCUT2D eigenvalue weighted by Gasteiger charge is 2.38. The fraction of sp³-hybridized carbons (Fsp3) is 0.714. The van der Waals surface area contributed by atoms with Crippen molar-refractivity contribution in [3.05, 3.63) is 0 Å². The first kappa shape index (κ1) is 13.8. The Kier molecular flexibility index (Phi) is 4.49. The predicted molar refractivity (Wildman–Crippen MR) is 54.5 cm³/mol. The van der Waals surface area contributed by atoms with E-state index in [0.717, 1.165) is 0 Å². The molecule has 0 fully saturated rings. The van der Waals surface area contributed by atoms with Gasteiger partial charge in [-0.05, 0) is 13.8 Å². The van der Waals surface area contributed by atoms with Crippen molar-refractivity contribution in [2.75, 3.05) is 7.11 Å². The highest BCUT2D eigenvalue weighted by molar-refractivity contribution is 6.76. The molecule has 0 aromatic carbocycles. The molecular formula is C7H10Cl3NO3. The van der Waals surface area contributed by atoms with Crippen LogP contribution in [0.5, 0.6) is 0 Å². The van der Waals surface area contributed by atoms with Crippen LogP contribution in [0, 0.1) is 0 Å². The number of carbonyl (C=O) groups is 2. The van der Waals surface area contributed by atoms with Crippen molar-refractivity contribution >= 4 is 46.7 Å². The highest BCUT2D eigenvalue weighted by Crippen LogP contribution is 2.26. The van der Waals surface area contributed by atoms with Crippen molar-refractivity contribution in [2.45, 2.75) is 23.2 Å². The molecule has 7 heteroatoms. The summed E-state index contributed by atoms with van der Waals surface area (Å²) in [6.07, 6.45) is 0. The Bertz CT molecular complexity index is 247. The number of alkyl halides is 3. The molecule has 0 radical (unpaired) electrons. The Labute approximate surface area is 96.8 Å². The number of hydrogen-bond acceptors (Lipinski definition) is 3. The van der Waals surface area contributed by atoms with Gasteiger partial charge in [-0.15, -0.1) is 0 Å². The maximum atomic E-state index is 11.2. The maximum Gasteiger partial charge on any atom is 0.330 e. The van der Waals surface area contributed by atoms with Gasteiger partial charge in [-0.25, -0.2) is 4.79 Å². The molecule has 1 N–H and O–H groups in total. The zero-order valence-corrected chi connectivity index (χ0v) is 10.1. The van der Waals surface area contributed by atoms with Crippen LogP contribution in [0.2, 0.25) is 0 Å². The van der Waals surface area contributed by atoms with E-state index in [9.17, 15) is 9.59 Å². The lowest BCUT2D eigenvalue weighted by Crippen LogP contribution is -2.53. The van der Waals surface area contributed by atoms with Crippen molar-refractivity contribution in [3.8, 4) is 0 Å². The first-order valence-electron chi connectivity index (χ1n) is 3.59. The molecule has 0 aromatic heterocycles. The lowest BCUT2D eigenvalue weighted by molar-refractivity contribution is -0.149. The van der Waals surface area contributed by atoms with E-state index in [0.29, 0.717) is 0 Å². The minimum absolute atomic E-state index is 0.625. The summed E-state index contributed by atoms with van der Waals surface area (Å²) < 4.78 is 2.35. The van der Waals surface area contributed by atoms with Gasteiger partial charge < -0.3 is 10.1 Å². The van der Waals surface area contributed by atoms with Gasteiger partial charge in [0, 0.05) is 0 Å². The van der Waals surface area contributed by atoms with Crippen LogP contribution in [0.1, 0.15) is 13.8 Å². The van der Waals surface area contributed by atoms with Crippen LogP contribution in [0.25, 0.3) is 0 Å². The zero-order valence-electron chi connectivity index (χ0n) is 7.86. The highest BCUT2D eigenvalue weighted by atomic mass is 35.6. The van der Waals surface area contributed by atoms with Gasteiger partial charge in [0.1, 0.15) is 5.54 Å². The van der Waals surface area contributed by atoms with E-state index in [-0.39, 0.29) is 0 Å². The van der Waals surface area contributed by atoms with Crippen LogP contribution >= 0.6 is 34.8 Å². The Morgan fingerprint density at radius 1 is 1.21 bits per heavy atom. The van der Waals surface area contributed by atoms with Gasteiger partial charge in [-0.3, -0.25) is 4.79 Å². The van der Waals surface area contributed by atoms with E-state index in [1.807, 2.05) is 0 Å². The monoisotopic (exact) mass is 261 g/mol. The van der Waals surface area contributed by atoms with Gasteiger partial charge in [-0.1, -0.05) is 34.8 Å². The van der Waals surface area contributed by atoms with E-state index in [1.165, 1.54) is 21.0 Å². The first-order chi connectivity index (χ1) is 6.11. The van der Waals surface area contributed by atoms with Crippen LogP contribution < -0.4 is 5.32 Å². The largest absolute Gasteiger partial charge is 0.467 e. The molecule has 0 aliphatic carbocycles. The number of methoxy groups -OCH3 is 1. The smallest absolute Gasteiger partial charge is 0.330 e. The third kappa shape index (κ3) is 3.90. The molecule has 0 bridgehead atoms. The molecule has 0 unspecified atom stereocenters. The number of ether oxygens (including phenoxy) is 1. The van der Waals surface area contributed by atoms with E-state index in [4.69, 9.17) is 34.8 Å². The quantitative estimate of drug-likeness (QED) is 0.605. The van der Waals surface area contributed by atoms with Crippen molar-refractivity contribution in [2.24, 2.45) is 0 Å². The molecule has 0 aliphatic rings. The average Bonchev–Trinajstić information content (AvgIpc) is 2.00. The summed E-state index contributed by atoms with van der Waals surface area (Å²) in [5.41, 5.74) is -1.23. The lowest BCUT2D eigenvalue weighted by atomic mass is 10.1. The van der Waals surface area contributed by atoms with Crippen molar-refractivity contribution in [1.29, 1.82) is 0 Å². The molecule has 14 heavy (non-hydrogen) atoms. The third-order valence-electron chi connectivity index (χ3n) is 1.38. The number of halogens is 3. The number of rotatable bonds is 2. The van der Waals surface area contributed by atoms with Crippen LogP contribution in [-0.2, 0) is 14.3 Å². The van der Waals surface area contributed by atoms with Gasteiger partial charge >= 0.3 is 5.97 Å². The molecule has 0 aliphatic heterocycles. The average molecular weight is 263 g/mol. The summed E-state index contributed by atoms with van der Waals surface area (Å²) in [6, 6.07) is 0. The van der Waals surface area contributed by atoms with E-state index < -0.39 is 21.2 Å². The number of hydrogen-bond donors (Lipinski definition) is 1. The lowest BCUT2D eigenvalue weighted by Gasteiger charge is -2.24. The molecule has 4 nitrogen and oxygen atoms in total. The molecule has 82 valence electrons. The topological polar surface area (TPSA) is 55.4 Å². The van der Waals surface area contributed by atoms with Crippen LogP contribution in [-0.4, -0.2) is 28.3 Å². The summed E-state index contributed by atoms with van der Waals surface area (Å²) in [7, 11) is 1.20. The Morgan fingerprint density at radius 2 is 1.64 bits per heavy atom. The number of amides is 1. The van der Waals surface area contributed by atoms with Gasteiger partial charge in [0.2, 0.25) is 0 Å². The molecule has 0 saturated carbocycles. The third-order valence-corrected chi connectivity index (χ3v) is 1.89. The van der Waals surface area contributed by atoms with Crippen molar-refractivity contribution in [1.82, 2.24) is 5.32 Å². The van der Waals surface area contributed by atoms with Crippen molar-refractivity contribution < 1.29 is 14.3 Å². The molecule has 0 saturated heterocycles. The molecule has 0 atom stereocenters. The standard InChI is InChI=1S/C7H10Cl3NO3/c1-6(2,5(13)14-3)11-4(12)7(8,9)10/h1-3H3,(H,11,12). The number of nitrogens with one attached hydrogen (secondary N) is 1. The predicted octanol–water partition coefficient (Wildman–Crippen LogP) is 1.42. The Balaban J connectivity index is 4.53. The second-order valence-electron chi connectivity index (χ2n) is 3.07. The summed E-state index contributed by atoms with van der Waals surface area (Å²) >= 11 is 15.9. The normalized spacial score (nSPS) is 12.1. The van der Waals surface area contributed by atoms with Crippen molar-refractivity contribution in [3.63, 3.8) is 0 Å². The SMILES string of the molecule is COC(=O)C(C)(C)NC(=O)C(Cl)(Cl)Cl. The van der Waals surface area contributed by atoms with E-state index in [2.05, 4.69) is 10.1 Å².